The van der Waals surface area contributed by atoms with Crippen molar-refractivity contribution in [3.8, 4) is 11.1 Å². The zero-order chi connectivity index (χ0) is 11.5. The SMILES string of the molecule is O=C(O)c1scc(CF)c1-c1ccccc1. The fourth-order valence-corrected chi connectivity index (χ4v) is 2.48. The van der Waals surface area contributed by atoms with Crippen LogP contribution in [0.5, 0.6) is 0 Å². The van der Waals surface area contributed by atoms with Gasteiger partial charge >= 0.3 is 5.97 Å². The van der Waals surface area contributed by atoms with E-state index in [1.165, 1.54) is 0 Å². The number of hydrogen-bond donors (Lipinski definition) is 1. The van der Waals surface area contributed by atoms with Gasteiger partial charge in [-0.15, -0.1) is 11.3 Å². The van der Waals surface area contributed by atoms with Gasteiger partial charge in [-0.3, -0.25) is 0 Å². The van der Waals surface area contributed by atoms with Gasteiger partial charge in [0.1, 0.15) is 11.6 Å². The average Bonchev–Trinajstić information content (AvgIpc) is 2.73. The van der Waals surface area contributed by atoms with Crippen LogP contribution in [0.2, 0.25) is 0 Å². The fourth-order valence-electron chi connectivity index (χ4n) is 1.57. The lowest BCUT2D eigenvalue weighted by Gasteiger charge is -2.03. The van der Waals surface area contributed by atoms with Crippen LogP contribution in [-0.2, 0) is 6.67 Å². The van der Waals surface area contributed by atoms with Crippen LogP contribution in [0, 0.1) is 0 Å². The van der Waals surface area contributed by atoms with E-state index in [0.717, 1.165) is 16.9 Å². The topological polar surface area (TPSA) is 37.3 Å². The van der Waals surface area contributed by atoms with Gasteiger partial charge in [-0.05, 0) is 10.9 Å². The highest BCUT2D eigenvalue weighted by Gasteiger charge is 2.18. The van der Waals surface area contributed by atoms with E-state index in [1.54, 1.807) is 29.6 Å². The van der Waals surface area contributed by atoms with Gasteiger partial charge in [-0.1, -0.05) is 30.3 Å². The van der Waals surface area contributed by atoms with Gasteiger partial charge in [0, 0.05) is 11.1 Å². The molecule has 0 aliphatic heterocycles. The molecule has 82 valence electrons. The van der Waals surface area contributed by atoms with Crippen LogP contribution < -0.4 is 0 Å². The molecule has 0 unspecified atom stereocenters. The molecular weight excluding hydrogens is 227 g/mol. The zero-order valence-electron chi connectivity index (χ0n) is 8.31. The summed E-state index contributed by atoms with van der Waals surface area (Å²) in [5.41, 5.74) is 1.68. The molecule has 0 radical (unpaired) electrons. The Balaban J connectivity index is 2.62. The minimum Gasteiger partial charge on any atom is -0.477 e. The summed E-state index contributed by atoms with van der Waals surface area (Å²) < 4.78 is 12.8. The zero-order valence-corrected chi connectivity index (χ0v) is 9.13. The highest BCUT2D eigenvalue weighted by molar-refractivity contribution is 7.12. The lowest BCUT2D eigenvalue weighted by atomic mass is 10.0. The minimum absolute atomic E-state index is 0.193. The number of benzene rings is 1. The monoisotopic (exact) mass is 236 g/mol. The van der Waals surface area contributed by atoms with Crippen LogP contribution in [0.4, 0.5) is 4.39 Å². The smallest absolute Gasteiger partial charge is 0.346 e. The Hall–Kier alpha value is -1.68. The van der Waals surface area contributed by atoms with Crippen molar-refractivity contribution in [1.82, 2.24) is 0 Å². The predicted molar refractivity (Wildman–Crippen MR) is 61.5 cm³/mol. The predicted octanol–water partition coefficient (Wildman–Crippen LogP) is 3.58. The van der Waals surface area contributed by atoms with Crippen molar-refractivity contribution in [3.63, 3.8) is 0 Å². The van der Waals surface area contributed by atoms with Crippen molar-refractivity contribution in [1.29, 1.82) is 0 Å². The fraction of sp³-hybridized carbons (Fsp3) is 0.0833. The van der Waals surface area contributed by atoms with Gasteiger partial charge in [0.25, 0.3) is 0 Å². The Kier molecular flexibility index (Phi) is 3.01. The minimum atomic E-state index is -1.01. The third-order valence-electron chi connectivity index (χ3n) is 2.27. The summed E-state index contributed by atoms with van der Waals surface area (Å²) in [5, 5.41) is 10.6. The molecule has 0 spiro atoms. The van der Waals surface area contributed by atoms with Gasteiger partial charge in [0.15, 0.2) is 0 Å². The van der Waals surface area contributed by atoms with Gasteiger partial charge in [0.2, 0.25) is 0 Å². The largest absolute Gasteiger partial charge is 0.477 e. The van der Waals surface area contributed by atoms with Gasteiger partial charge in [0.05, 0.1) is 0 Å². The Labute approximate surface area is 96.0 Å². The second-order valence-corrected chi connectivity index (χ2v) is 4.15. The van der Waals surface area contributed by atoms with E-state index in [9.17, 15) is 9.18 Å². The number of thiophene rings is 1. The Morgan fingerprint density at radius 3 is 2.56 bits per heavy atom. The first-order valence-electron chi connectivity index (χ1n) is 4.69. The number of aromatic carboxylic acids is 1. The van der Waals surface area contributed by atoms with Gasteiger partial charge in [-0.2, -0.15) is 0 Å². The summed E-state index contributed by atoms with van der Waals surface area (Å²) in [5.74, 6) is -1.01. The molecular formula is C12H9FO2S. The van der Waals surface area contributed by atoms with Crippen molar-refractivity contribution in [2.45, 2.75) is 6.67 Å². The van der Waals surface area contributed by atoms with E-state index in [0.29, 0.717) is 11.1 Å². The van der Waals surface area contributed by atoms with Crippen LogP contribution in [0.25, 0.3) is 11.1 Å². The summed E-state index contributed by atoms with van der Waals surface area (Å²) in [6, 6.07) is 9.02. The molecule has 1 heterocycles. The third-order valence-corrected chi connectivity index (χ3v) is 3.28. The first-order valence-corrected chi connectivity index (χ1v) is 5.57. The number of hydrogen-bond acceptors (Lipinski definition) is 2. The molecule has 1 aromatic carbocycles. The number of alkyl halides is 1. The normalized spacial score (nSPS) is 10.3. The molecule has 2 aromatic rings. The molecule has 0 bridgehead atoms. The quantitative estimate of drug-likeness (QED) is 0.884. The number of rotatable bonds is 3. The second kappa shape index (κ2) is 4.45. The van der Waals surface area contributed by atoms with E-state index in [1.807, 2.05) is 6.07 Å². The molecule has 2 nitrogen and oxygen atoms in total. The molecule has 4 heteroatoms. The van der Waals surface area contributed by atoms with Crippen molar-refractivity contribution < 1.29 is 14.3 Å². The van der Waals surface area contributed by atoms with E-state index in [2.05, 4.69) is 0 Å². The van der Waals surface area contributed by atoms with Crippen LogP contribution in [0.1, 0.15) is 15.2 Å². The van der Waals surface area contributed by atoms with E-state index in [-0.39, 0.29) is 4.88 Å². The van der Waals surface area contributed by atoms with Crippen molar-refractivity contribution >= 4 is 17.3 Å². The van der Waals surface area contributed by atoms with Crippen molar-refractivity contribution in [2.75, 3.05) is 0 Å². The highest BCUT2D eigenvalue weighted by Crippen LogP contribution is 2.33. The highest BCUT2D eigenvalue weighted by atomic mass is 32.1. The summed E-state index contributed by atoms with van der Waals surface area (Å²) in [7, 11) is 0. The molecule has 16 heavy (non-hydrogen) atoms. The second-order valence-electron chi connectivity index (χ2n) is 3.27. The first-order chi connectivity index (χ1) is 7.74. The molecule has 0 amide bonds. The van der Waals surface area contributed by atoms with Gasteiger partial charge < -0.3 is 5.11 Å². The van der Waals surface area contributed by atoms with Crippen molar-refractivity contribution in [3.05, 3.63) is 46.2 Å². The lowest BCUT2D eigenvalue weighted by molar-refractivity contribution is 0.0703. The van der Waals surface area contributed by atoms with E-state index in [4.69, 9.17) is 5.11 Å². The number of halogens is 1. The summed E-state index contributed by atoms with van der Waals surface area (Å²) in [6.45, 7) is -0.645. The van der Waals surface area contributed by atoms with Crippen LogP contribution in [0.15, 0.2) is 35.7 Å². The molecule has 1 N–H and O–H groups in total. The number of carbonyl (C=O) groups is 1. The van der Waals surface area contributed by atoms with Gasteiger partial charge in [-0.25, -0.2) is 9.18 Å². The summed E-state index contributed by atoms with van der Waals surface area (Å²) in [4.78, 5) is 11.2. The molecule has 0 aliphatic carbocycles. The maximum absolute atomic E-state index is 12.8. The molecule has 0 saturated heterocycles. The molecule has 2 rings (SSSR count). The molecule has 0 aliphatic rings. The lowest BCUT2D eigenvalue weighted by Crippen LogP contribution is -1.96. The molecule has 0 fully saturated rings. The molecule has 1 aromatic heterocycles. The maximum Gasteiger partial charge on any atom is 0.346 e. The molecule has 0 atom stereocenters. The van der Waals surface area contributed by atoms with Crippen LogP contribution in [0.3, 0.4) is 0 Å². The van der Waals surface area contributed by atoms with E-state index < -0.39 is 12.6 Å². The Bertz CT molecular complexity index is 505. The number of carboxylic acids is 1. The summed E-state index contributed by atoms with van der Waals surface area (Å²) in [6.07, 6.45) is 0. The van der Waals surface area contributed by atoms with Crippen LogP contribution >= 0.6 is 11.3 Å². The van der Waals surface area contributed by atoms with Crippen molar-refractivity contribution in [2.24, 2.45) is 0 Å². The molecule has 0 saturated carbocycles. The standard InChI is InChI=1S/C12H9FO2S/c13-6-9-7-16-11(12(14)15)10(9)8-4-2-1-3-5-8/h1-5,7H,6H2,(H,14,15). The summed E-state index contributed by atoms with van der Waals surface area (Å²) >= 11 is 1.06. The Morgan fingerprint density at radius 1 is 1.31 bits per heavy atom. The maximum atomic E-state index is 12.8. The number of carboxylic acid groups (broad SMARTS) is 1. The average molecular weight is 236 g/mol. The third kappa shape index (κ3) is 1.84. The first kappa shape index (κ1) is 10.8. The van der Waals surface area contributed by atoms with E-state index >= 15 is 0 Å². The Morgan fingerprint density at radius 2 is 2.00 bits per heavy atom. The van der Waals surface area contributed by atoms with Crippen LogP contribution in [-0.4, -0.2) is 11.1 Å².